The average molecular weight is 500 g/mol. The van der Waals surface area contributed by atoms with E-state index in [1.807, 2.05) is 66.2 Å². The van der Waals surface area contributed by atoms with Gasteiger partial charge in [0, 0.05) is 0 Å². The third kappa shape index (κ3) is 3.99. The van der Waals surface area contributed by atoms with E-state index in [4.69, 9.17) is 10.00 Å². The second kappa shape index (κ2) is 8.11. The monoisotopic (exact) mass is 500 g/mol. The van der Waals surface area contributed by atoms with Crippen molar-refractivity contribution in [1.29, 1.82) is 5.26 Å². The van der Waals surface area contributed by atoms with Crippen LogP contribution in [0.25, 0.3) is 11.3 Å². The number of hydrogen-bond donors (Lipinski definition) is 0. The topological polar surface area (TPSA) is 63.7 Å². The molecule has 3 aromatic rings. The summed E-state index contributed by atoms with van der Waals surface area (Å²) in [6.07, 6.45) is 0. The summed E-state index contributed by atoms with van der Waals surface area (Å²) >= 11 is 1.22. The molecule has 0 atom stereocenters. The summed E-state index contributed by atoms with van der Waals surface area (Å²) in [6, 6.07) is 19.7. The second-order valence-electron chi connectivity index (χ2n) is 5.34. The van der Waals surface area contributed by atoms with E-state index in [2.05, 4.69) is 16.4 Å². The predicted octanol–water partition coefficient (Wildman–Crippen LogP) is 2.93. The fraction of sp³-hybridized carbons (Fsp3) is 0.158. The Balaban J connectivity index is 2.01. The Hall–Kier alpha value is -2.41. The summed E-state index contributed by atoms with van der Waals surface area (Å²) in [5, 5.41) is 17.6. The molecule has 0 amide bonds. The Kier molecular flexibility index (Phi) is 5.65. The number of nitrogens with zero attached hydrogens (tertiary/aromatic N) is 4. The van der Waals surface area contributed by atoms with Gasteiger partial charge in [0.05, 0.1) is 0 Å². The molecule has 0 saturated heterocycles. The van der Waals surface area contributed by atoms with Crippen LogP contribution in [0.1, 0.15) is 23.7 Å². The minimum atomic E-state index is 0.581. The van der Waals surface area contributed by atoms with Crippen molar-refractivity contribution in [2.75, 3.05) is 6.61 Å². The second-order valence-corrected chi connectivity index (χ2v) is 6.67. The van der Waals surface area contributed by atoms with Crippen LogP contribution in [0.4, 0.5) is 0 Å². The minimum absolute atomic E-state index is 0.581. The van der Waals surface area contributed by atoms with E-state index < -0.39 is 0 Å². The Morgan fingerprint density at radius 1 is 1.16 bits per heavy atom. The number of rotatable bonds is 6. The van der Waals surface area contributed by atoms with Crippen molar-refractivity contribution >= 4 is 4.08 Å². The van der Waals surface area contributed by atoms with Crippen LogP contribution in [-0.4, -0.2) is 25.7 Å². The molecule has 3 rings (SSSR count). The molecule has 1 heterocycles. The molecule has 0 N–H and O–H groups in total. The molecule has 0 unspecified atom stereocenters. The molecule has 0 spiro atoms. The van der Waals surface area contributed by atoms with Crippen molar-refractivity contribution in [2.45, 2.75) is 13.5 Å². The van der Waals surface area contributed by atoms with Crippen LogP contribution in [0.3, 0.4) is 0 Å². The number of nitriles is 1. The van der Waals surface area contributed by atoms with Gasteiger partial charge in [0.25, 0.3) is 0 Å². The molecule has 2 aromatic carbocycles. The van der Waals surface area contributed by atoms with Gasteiger partial charge in [-0.15, -0.1) is 0 Å². The van der Waals surface area contributed by atoms with Gasteiger partial charge in [0.15, 0.2) is 0 Å². The van der Waals surface area contributed by atoms with Crippen molar-refractivity contribution in [3.05, 3.63) is 71.4 Å². The summed E-state index contributed by atoms with van der Waals surface area (Å²) in [7, 11) is 0. The Morgan fingerprint density at radius 3 is 2.52 bits per heavy atom. The van der Waals surface area contributed by atoms with E-state index in [-0.39, 0.29) is 0 Å². The molecule has 0 aliphatic carbocycles. The maximum absolute atomic E-state index is 8.93. The summed E-state index contributed by atoms with van der Waals surface area (Å²) in [6.45, 7) is 3.15. The molecule has 0 fully saturated rings. The molecule has 0 saturated carbocycles. The Labute approximate surface area is 157 Å². The summed E-state index contributed by atoms with van der Waals surface area (Å²) in [4.78, 5) is 0. The summed E-state index contributed by atoms with van der Waals surface area (Å²) in [5.41, 5.74) is 4.50. The number of hydrogen-bond acceptors (Lipinski definition) is 4. The van der Waals surface area contributed by atoms with Crippen LogP contribution in [0.5, 0.6) is 0 Å². The van der Waals surface area contributed by atoms with Crippen LogP contribution < -0.4 is 0 Å². The average Bonchev–Trinajstić information content (AvgIpc) is 3.07. The van der Waals surface area contributed by atoms with E-state index in [9.17, 15) is 0 Å². The maximum atomic E-state index is 8.93. The first-order valence-corrected chi connectivity index (χ1v) is 9.34. The van der Waals surface area contributed by atoms with Crippen molar-refractivity contribution in [3.63, 3.8) is 0 Å². The molecule has 0 aliphatic rings. The molecule has 25 heavy (non-hydrogen) atoms. The summed E-state index contributed by atoms with van der Waals surface area (Å²) in [5.74, 6) is 0. The molecule has 124 valence electrons. The standard InChI is InChI=1S/C19H16N4O.W/c1-2-24-14-18-19(17-6-4-3-5-7-17)23(22-21-18)13-16-10-8-15(12-20)9-11-16;/h3-11H,2,13H2,1H3;. The van der Waals surface area contributed by atoms with Crippen LogP contribution in [0.15, 0.2) is 54.6 Å². The molecule has 0 aliphatic heterocycles. The first kappa shape index (κ1) is 17.4. The fourth-order valence-corrected chi connectivity index (χ4v) is 3.42. The van der Waals surface area contributed by atoms with Crippen LogP contribution in [0, 0.1) is 11.3 Å². The van der Waals surface area contributed by atoms with E-state index in [0.717, 1.165) is 26.6 Å². The third-order valence-corrected chi connectivity index (χ3v) is 4.78. The molecule has 5 nitrogen and oxygen atoms in total. The van der Waals surface area contributed by atoms with Gasteiger partial charge >= 0.3 is 157 Å². The van der Waals surface area contributed by atoms with Gasteiger partial charge < -0.3 is 0 Å². The van der Waals surface area contributed by atoms with Gasteiger partial charge in [-0.25, -0.2) is 0 Å². The van der Waals surface area contributed by atoms with E-state index >= 15 is 0 Å². The van der Waals surface area contributed by atoms with Crippen molar-refractivity contribution in [3.8, 4) is 17.3 Å². The van der Waals surface area contributed by atoms with Crippen molar-refractivity contribution in [2.24, 2.45) is 0 Å². The molecule has 0 radical (unpaired) electrons. The number of aromatic nitrogens is 3. The van der Waals surface area contributed by atoms with Gasteiger partial charge in [0.1, 0.15) is 0 Å². The Morgan fingerprint density at radius 2 is 1.88 bits per heavy atom. The van der Waals surface area contributed by atoms with Gasteiger partial charge in [-0.2, -0.15) is 0 Å². The van der Waals surface area contributed by atoms with Crippen molar-refractivity contribution < 1.29 is 24.1 Å². The molecule has 0 bridgehead atoms. The van der Waals surface area contributed by atoms with E-state index in [0.29, 0.717) is 18.7 Å². The SMILES string of the molecule is CCO[C](=[W])c1nnn(Cc2ccc(C#N)cc2)c1-c1ccccc1. The quantitative estimate of drug-likeness (QED) is 0.523. The molecular formula is C19H16N4OW. The van der Waals surface area contributed by atoms with Gasteiger partial charge in [-0.05, 0) is 0 Å². The predicted molar refractivity (Wildman–Crippen MR) is 91.5 cm³/mol. The zero-order chi connectivity index (χ0) is 17.6. The van der Waals surface area contributed by atoms with E-state index in [1.165, 1.54) is 19.4 Å². The zero-order valence-electron chi connectivity index (χ0n) is 13.7. The number of ether oxygens (including phenoxy) is 1. The van der Waals surface area contributed by atoms with Gasteiger partial charge in [0.2, 0.25) is 0 Å². The normalized spacial score (nSPS) is 10.4. The third-order valence-electron chi connectivity index (χ3n) is 3.67. The summed E-state index contributed by atoms with van der Waals surface area (Å²) < 4.78 is 8.41. The molecule has 1 aromatic heterocycles. The first-order valence-electron chi connectivity index (χ1n) is 7.88. The molecular weight excluding hydrogens is 484 g/mol. The first-order chi connectivity index (χ1) is 12.2. The van der Waals surface area contributed by atoms with Gasteiger partial charge in [-0.3, -0.25) is 0 Å². The zero-order valence-corrected chi connectivity index (χ0v) is 16.6. The number of benzene rings is 2. The van der Waals surface area contributed by atoms with E-state index in [1.54, 1.807) is 0 Å². The van der Waals surface area contributed by atoms with Gasteiger partial charge in [-0.1, -0.05) is 0 Å². The van der Waals surface area contributed by atoms with Crippen LogP contribution >= 0.6 is 0 Å². The molecule has 6 heteroatoms. The fourth-order valence-electron chi connectivity index (χ4n) is 2.50. The van der Waals surface area contributed by atoms with Crippen LogP contribution in [0.2, 0.25) is 0 Å². The Bertz CT molecular complexity index is 911. The van der Waals surface area contributed by atoms with Crippen molar-refractivity contribution in [1.82, 2.24) is 15.0 Å². The van der Waals surface area contributed by atoms with Crippen LogP contribution in [-0.2, 0) is 30.6 Å².